The highest BCUT2D eigenvalue weighted by Gasteiger charge is 2.25. The van der Waals surface area contributed by atoms with Gasteiger partial charge in [0.1, 0.15) is 21.6 Å². The average Bonchev–Trinajstić information content (AvgIpc) is 1.69. The Labute approximate surface area is 915 Å². The highest BCUT2D eigenvalue weighted by molar-refractivity contribution is 7.16. The van der Waals surface area contributed by atoms with Gasteiger partial charge in [0.05, 0.1) is 73.3 Å². The second kappa shape index (κ2) is 54.7. The molecular weight excluding hydrogens is 2060 g/mol. The third kappa shape index (κ3) is 30.5. The van der Waals surface area contributed by atoms with Gasteiger partial charge in [-0.25, -0.2) is 44.3 Å². The number of hydrogen-bond acceptors (Lipinski definition) is 25. The summed E-state index contributed by atoms with van der Waals surface area (Å²) in [6.45, 7) is 20.4. The molecule has 6 saturated heterocycles. The Morgan fingerprint density at radius 3 is 1.16 bits per heavy atom. The second-order valence-corrected chi connectivity index (χ2v) is 45.0. The van der Waals surface area contributed by atoms with Crippen LogP contribution in [0.5, 0.6) is 5.75 Å². The van der Waals surface area contributed by atoms with Gasteiger partial charge in [-0.1, -0.05) is 223 Å². The summed E-state index contributed by atoms with van der Waals surface area (Å²) < 4.78 is 18.4. The Bertz CT molecular complexity index is 7060. The number of ether oxygens (including phenoxy) is 1. The fraction of sp³-hybridized carbons (Fsp3) is 0.282. The number of hydrogen-bond donors (Lipinski definition) is 2. The molecular formula is C117H120Cl4FN15O2S8. The summed E-state index contributed by atoms with van der Waals surface area (Å²) in [6.07, 6.45) is 20.8. The van der Waals surface area contributed by atoms with Crippen molar-refractivity contribution in [1.29, 1.82) is 0 Å². The van der Waals surface area contributed by atoms with E-state index in [9.17, 15) is 9.50 Å². The number of benzene rings is 10. The highest BCUT2D eigenvalue weighted by Crippen LogP contribution is 2.42. The molecule has 3 N–H and O–H groups in total. The maximum atomic E-state index is 12.9. The van der Waals surface area contributed by atoms with Gasteiger partial charge in [0.15, 0.2) is 30.8 Å². The molecule has 18 aromatic rings. The lowest BCUT2D eigenvalue weighted by Crippen LogP contribution is -2.41. The molecule has 30 heteroatoms. The summed E-state index contributed by atoms with van der Waals surface area (Å²) in [5.41, 5.74) is 27.1. The molecule has 24 rings (SSSR count). The van der Waals surface area contributed by atoms with Crippen molar-refractivity contribution in [2.45, 2.75) is 130 Å². The second-order valence-electron chi connectivity index (χ2n) is 36.4. The number of thiazole rings is 8. The molecule has 6 fully saturated rings. The van der Waals surface area contributed by atoms with Crippen molar-refractivity contribution in [3.63, 3.8) is 0 Å². The molecule has 758 valence electrons. The average molecular weight is 2190 g/mol. The molecule has 14 heterocycles. The van der Waals surface area contributed by atoms with Crippen LogP contribution in [-0.4, -0.2) is 136 Å². The molecule has 1 atom stereocenters. The third-order valence-electron chi connectivity index (χ3n) is 25.6. The predicted molar refractivity (Wildman–Crippen MR) is 629 cm³/mol. The number of aromatic nitrogens is 8. The Hall–Kier alpha value is -11.3. The van der Waals surface area contributed by atoms with Crippen LogP contribution in [0.4, 0.5) is 40.9 Å². The summed E-state index contributed by atoms with van der Waals surface area (Å²) in [7, 11) is 0. The number of nitrogens with two attached hydrogens (primary N) is 1. The van der Waals surface area contributed by atoms with E-state index in [2.05, 4.69) is 183 Å². The first kappa shape index (κ1) is 107. The van der Waals surface area contributed by atoms with E-state index < -0.39 is 0 Å². The van der Waals surface area contributed by atoms with Crippen molar-refractivity contribution in [2.24, 2.45) is 0 Å². The monoisotopic (exact) mass is 2180 g/mol. The van der Waals surface area contributed by atoms with Gasteiger partial charge in [0.2, 0.25) is 0 Å². The van der Waals surface area contributed by atoms with Gasteiger partial charge in [0, 0.05) is 187 Å². The molecule has 8 aromatic heterocycles. The molecule has 0 amide bonds. The van der Waals surface area contributed by atoms with Crippen LogP contribution in [0.15, 0.2) is 292 Å². The number of phenolic OH excluding ortho intramolecular Hbond substituents is 1. The van der Waals surface area contributed by atoms with Crippen molar-refractivity contribution >= 4 is 174 Å². The van der Waals surface area contributed by atoms with Crippen molar-refractivity contribution in [2.75, 3.05) is 120 Å². The van der Waals surface area contributed by atoms with Crippen LogP contribution < -0.4 is 35.1 Å². The molecule has 0 radical (unpaired) electrons. The van der Waals surface area contributed by atoms with Crippen LogP contribution in [0.2, 0.25) is 20.1 Å². The molecule has 147 heavy (non-hydrogen) atoms. The normalized spacial score (nSPS) is 15.0. The Balaban J connectivity index is 0.000000115. The molecule has 0 bridgehead atoms. The quantitative estimate of drug-likeness (QED) is 0.0822. The number of aryl methyl sites for hydroxylation is 2. The number of nitrogen functional groups attached to an aromatic ring is 1. The SMILES string of the molecule is CC1CN(c2nc(-c3ccccc3)cs2)CCO1.CCc1sc(N2CCCCC2)nc1-c1ccccc1.Cc1cccc(-c2csc(-c3ccccc3)n2)c1.Clc1ccc(-c2csc(N3CCCCC3)n2)c(Cl)c1.Clc1ccc(-c2csc(N3CCCCC3)n2)cc1Cl.Fc1ccc(-c2csc(N3CCCCC3)n2)cc1.Nc1ccccc1-c1csc(N2CCCCC2)n1.Oc1ccc(-c2csc(-c3ccccc3)n2)cc1. The van der Waals surface area contributed by atoms with Gasteiger partial charge in [-0.15, -0.1) is 90.7 Å². The number of morpholine rings is 1. The van der Waals surface area contributed by atoms with Crippen molar-refractivity contribution in [3.05, 3.63) is 329 Å². The zero-order valence-electron chi connectivity index (χ0n) is 82.7. The smallest absolute Gasteiger partial charge is 0.186 e. The van der Waals surface area contributed by atoms with Gasteiger partial charge in [-0.2, -0.15) is 0 Å². The number of anilines is 7. The minimum absolute atomic E-state index is 0.203. The van der Waals surface area contributed by atoms with E-state index in [0.29, 0.717) is 26.2 Å². The van der Waals surface area contributed by atoms with Crippen LogP contribution in [0.1, 0.15) is 121 Å². The van der Waals surface area contributed by atoms with E-state index >= 15 is 0 Å². The largest absolute Gasteiger partial charge is 0.508 e. The highest BCUT2D eigenvalue weighted by atomic mass is 35.5. The van der Waals surface area contributed by atoms with Crippen LogP contribution >= 0.6 is 137 Å². The van der Waals surface area contributed by atoms with Crippen molar-refractivity contribution in [3.8, 4) is 117 Å². The Morgan fingerprint density at radius 1 is 0.333 bits per heavy atom. The maximum Gasteiger partial charge on any atom is 0.186 e. The first-order chi connectivity index (χ1) is 72.0. The summed E-state index contributed by atoms with van der Waals surface area (Å²) in [6, 6.07) is 82.5. The summed E-state index contributed by atoms with van der Waals surface area (Å²) in [4.78, 5) is 53.4. The Morgan fingerprint density at radius 2 is 0.707 bits per heavy atom. The fourth-order valence-electron chi connectivity index (χ4n) is 17.6. The van der Waals surface area contributed by atoms with Crippen LogP contribution in [-0.2, 0) is 11.2 Å². The number of piperidine rings is 5. The van der Waals surface area contributed by atoms with Crippen LogP contribution in [0.3, 0.4) is 0 Å². The number of para-hydroxylation sites is 1. The van der Waals surface area contributed by atoms with E-state index in [4.69, 9.17) is 86.8 Å². The number of phenols is 1. The van der Waals surface area contributed by atoms with Crippen LogP contribution in [0.25, 0.3) is 111 Å². The third-order valence-corrected chi connectivity index (χ3v) is 34.4. The standard InChI is InChI=1S/C16H20N2S.C16H13NS.C15H11NOS.2C14H14Cl2N2S.C14H15FN2S.C14H17N3S.C14H16N2OS/c1-2-14-15(13-9-5-3-6-10-13)17-16(19-14)18-11-7-4-8-12-18;1-12-6-5-9-14(10-12)15-11-18-16(17-15)13-7-3-2-4-8-13;17-13-8-6-11(7-9-13)14-10-18-15(16-14)12-4-2-1-3-5-12;15-10-4-5-11(12(16)8-10)13-9-19-14(17-13)18-6-2-1-3-7-18;15-11-5-4-10(8-12(11)16)13-9-19-14(17-13)18-6-2-1-3-7-18;15-12-6-4-11(5-7-12)13-10-18-14(16-13)17-8-2-1-3-9-17;15-12-7-3-2-6-11(12)13-10-18-14(16-13)17-8-4-1-5-9-17;1-11-9-16(7-8-17-11)14-15-13(10-18-14)12-5-3-2-4-6-12/h3,5-6,9-10H,2,4,7-8,11-12H2,1H3;2-11H,1H3;1-10,17H;2*4-5,8-9H,1-3,6-7H2;4-7,10H,1-3,8-9H2;2-3,6-7,10H,1,4-5,8-9,15H2;2-6,10-11H,7-9H2,1H3. The first-order valence-corrected chi connectivity index (χ1v) is 58.9. The van der Waals surface area contributed by atoms with E-state index in [1.807, 2.05) is 138 Å². The molecule has 0 aliphatic carbocycles. The predicted octanol–water partition coefficient (Wildman–Crippen LogP) is 33.9. The minimum atomic E-state index is -0.203. The van der Waals surface area contributed by atoms with Gasteiger partial charge >= 0.3 is 0 Å². The van der Waals surface area contributed by atoms with Crippen LogP contribution in [0, 0.1) is 12.7 Å². The lowest BCUT2D eigenvalue weighted by molar-refractivity contribution is 0.0532. The zero-order valence-corrected chi connectivity index (χ0v) is 92.3. The number of nitrogens with zero attached hydrogens (tertiary/aromatic N) is 14. The lowest BCUT2D eigenvalue weighted by Gasteiger charge is -2.30. The van der Waals surface area contributed by atoms with Crippen molar-refractivity contribution in [1.82, 2.24) is 39.9 Å². The Kier molecular flexibility index (Phi) is 39.8. The van der Waals surface area contributed by atoms with Gasteiger partial charge in [-0.3, -0.25) is 0 Å². The molecule has 0 spiro atoms. The van der Waals surface area contributed by atoms with E-state index in [0.717, 1.165) is 193 Å². The minimum Gasteiger partial charge on any atom is -0.508 e. The molecule has 6 aliphatic heterocycles. The summed E-state index contributed by atoms with van der Waals surface area (Å²) in [5.74, 6) is 0.0718. The first-order valence-electron chi connectivity index (χ1n) is 50.4. The summed E-state index contributed by atoms with van der Waals surface area (Å²) in [5, 5.41) is 35.2. The maximum absolute atomic E-state index is 12.9. The molecule has 6 aliphatic rings. The molecule has 10 aromatic carbocycles. The number of aromatic hydroxyl groups is 1. The molecule has 1 unspecified atom stereocenters. The topological polar surface area (TPSA) is 178 Å². The zero-order chi connectivity index (χ0) is 101. The van der Waals surface area contributed by atoms with E-state index in [-0.39, 0.29) is 11.6 Å². The lowest BCUT2D eigenvalue weighted by atomic mass is 10.1. The van der Waals surface area contributed by atoms with Gasteiger partial charge in [-0.05, 0) is 208 Å². The fourth-order valence-corrected chi connectivity index (χ4v) is 25.6. The van der Waals surface area contributed by atoms with Gasteiger partial charge < -0.3 is 45.0 Å². The summed E-state index contributed by atoms with van der Waals surface area (Å²) >= 11 is 37.8. The molecule has 0 saturated carbocycles. The van der Waals surface area contributed by atoms with Gasteiger partial charge in [0.25, 0.3) is 0 Å². The van der Waals surface area contributed by atoms with E-state index in [1.54, 1.807) is 110 Å². The number of halogens is 5. The molecule has 17 nitrogen and oxygen atoms in total. The van der Waals surface area contributed by atoms with E-state index in [1.165, 1.54) is 165 Å². The number of rotatable bonds is 17. The van der Waals surface area contributed by atoms with Crippen molar-refractivity contribution < 1.29 is 14.2 Å².